The molecule has 2 aromatic carbocycles. The predicted molar refractivity (Wildman–Crippen MR) is 80.3 cm³/mol. The van der Waals surface area contributed by atoms with Crippen LogP contribution in [-0.4, -0.2) is 5.78 Å². The van der Waals surface area contributed by atoms with Crippen molar-refractivity contribution in [1.29, 1.82) is 0 Å². The lowest BCUT2D eigenvalue weighted by atomic mass is 10.0. The molecule has 1 aromatic heterocycles. The summed E-state index contributed by atoms with van der Waals surface area (Å²) in [5, 5.41) is 1.02. The minimum Gasteiger partial charge on any atom is -0.452 e. The Hall–Kier alpha value is -2.35. The second-order valence-corrected chi connectivity index (χ2v) is 5.20. The lowest BCUT2D eigenvalue weighted by Gasteiger charge is -2.02. The van der Waals surface area contributed by atoms with Gasteiger partial charge in [0, 0.05) is 16.5 Å². The van der Waals surface area contributed by atoms with E-state index in [9.17, 15) is 4.79 Å². The van der Waals surface area contributed by atoms with Gasteiger partial charge in [-0.3, -0.25) is 4.79 Å². The van der Waals surface area contributed by atoms with E-state index in [4.69, 9.17) is 4.42 Å². The number of furan rings is 1. The molecule has 0 aliphatic carbocycles. The highest BCUT2D eigenvalue weighted by Gasteiger charge is 2.20. The molecule has 2 heteroatoms. The molecule has 0 unspecified atom stereocenters. The second-order valence-electron chi connectivity index (χ2n) is 5.20. The van der Waals surface area contributed by atoms with E-state index in [1.807, 2.05) is 57.2 Å². The molecule has 0 N–H and O–H groups in total. The fourth-order valence-corrected chi connectivity index (χ4v) is 2.50. The molecule has 0 aliphatic heterocycles. The molecule has 0 aliphatic rings. The number of hydrogen-bond donors (Lipinski definition) is 0. The Balaban J connectivity index is 2.18. The molecule has 0 bridgehead atoms. The van der Waals surface area contributed by atoms with Gasteiger partial charge in [0.25, 0.3) is 0 Å². The molecule has 0 radical (unpaired) electrons. The van der Waals surface area contributed by atoms with Gasteiger partial charge in [-0.25, -0.2) is 0 Å². The monoisotopic (exact) mass is 264 g/mol. The van der Waals surface area contributed by atoms with Crippen molar-refractivity contribution in [3.8, 4) is 0 Å². The molecule has 100 valence electrons. The number of hydrogen-bond acceptors (Lipinski definition) is 2. The Morgan fingerprint density at radius 3 is 2.50 bits per heavy atom. The maximum Gasteiger partial charge on any atom is 0.228 e. The van der Waals surface area contributed by atoms with Crippen LogP contribution in [0.5, 0.6) is 0 Å². The van der Waals surface area contributed by atoms with E-state index in [0.717, 1.165) is 27.7 Å². The highest BCUT2D eigenvalue weighted by molar-refractivity contribution is 6.11. The van der Waals surface area contributed by atoms with Crippen molar-refractivity contribution in [3.63, 3.8) is 0 Å². The Kier molecular flexibility index (Phi) is 2.94. The summed E-state index contributed by atoms with van der Waals surface area (Å²) in [5.74, 6) is 0.398. The van der Waals surface area contributed by atoms with E-state index >= 15 is 0 Å². The Morgan fingerprint density at radius 2 is 1.75 bits per heavy atom. The fourth-order valence-electron chi connectivity index (χ4n) is 2.50. The average molecular weight is 264 g/mol. The third-order valence-corrected chi connectivity index (χ3v) is 3.69. The SMILES string of the molecule is Cc1ccc2oc(C(=O)c3ccccc3C)c(C)c2c1. The minimum atomic E-state index is -0.0468. The maximum absolute atomic E-state index is 12.6. The normalized spacial score (nSPS) is 10.9. The first-order chi connectivity index (χ1) is 9.58. The lowest BCUT2D eigenvalue weighted by molar-refractivity contribution is 0.101. The summed E-state index contributed by atoms with van der Waals surface area (Å²) >= 11 is 0. The van der Waals surface area contributed by atoms with Gasteiger partial charge < -0.3 is 4.42 Å². The number of carbonyl (C=O) groups is 1. The topological polar surface area (TPSA) is 30.2 Å². The highest BCUT2D eigenvalue weighted by atomic mass is 16.3. The standard InChI is InChI=1S/C18H16O2/c1-11-8-9-16-15(10-11)13(3)18(20-16)17(19)14-7-5-4-6-12(14)2/h4-10H,1-3H3. The highest BCUT2D eigenvalue weighted by Crippen LogP contribution is 2.28. The zero-order chi connectivity index (χ0) is 14.3. The summed E-state index contributed by atoms with van der Waals surface area (Å²) in [6, 6.07) is 13.6. The van der Waals surface area contributed by atoms with Crippen LogP contribution < -0.4 is 0 Å². The largest absolute Gasteiger partial charge is 0.452 e. The zero-order valence-corrected chi connectivity index (χ0v) is 11.9. The summed E-state index contributed by atoms with van der Waals surface area (Å²) in [4.78, 5) is 12.6. The predicted octanol–water partition coefficient (Wildman–Crippen LogP) is 4.59. The molecular formula is C18H16O2. The van der Waals surface area contributed by atoms with E-state index in [0.29, 0.717) is 11.3 Å². The molecule has 0 fully saturated rings. The molecule has 3 aromatic rings. The quantitative estimate of drug-likeness (QED) is 0.634. The Bertz CT molecular complexity index is 809. The molecule has 0 amide bonds. The summed E-state index contributed by atoms with van der Waals surface area (Å²) in [6.07, 6.45) is 0. The van der Waals surface area contributed by atoms with E-state index < -0.39 is 0 Å². The Labute approximate surface area is 118 Å². The maximum atomic E-state index is 12.6. The number of rotatable bonds is 2. The van der Waals surface area contributed by atoms with Crippen LogP contribution in [0.1, 0.15) is 32.8 Å². The van der Waals surface area contributed by atoms with Crippen molar-refractivity contribution in [2.75, 3.05) is 0 Å². The van der Waals surface area contributed by atoms with Crippen molar-refractivity contribution in [2.45, 2.75) is 20.8 Å². The van der Waals surface area contributed by atoms with Crippen LogP contribution >= 0.6 is 0 Å². The van der Waals surface area contributed by atoms with Crippen LogP contribution in [0.25, 0.3) is 11.0 Å². The van der Waals surface area contributed by atoms with Gasteiger partial charge in [-0.1, -0.05) is 35.9 Å². The average Bonchev–Trinajstić information content (AvgIpc) is 2.76. The fraction of sp³-hybridized carbons (Fsp3) is 0.167. The van der Waals surface area contributed by atoms with E-state index in [2.05, 4.69) is 6.07 Å². The summed E-state index contributed by atoms with van der Waals surface area (Å²) < 4.78 is 5.78. The van der Waals surface area contributed by atoms with Crippen molar-refractivity contribution >= 4 is 16.8 Å². The third-order valence-electron chi connectivity index (χ3n) is 3.69. The first-order valence-corrected chi connectivity index (χ1v) is 6.68. The number of fused-ring (bicyclic) bond motifs is 1. The molecular weight excluding hydrogens is 248 g/mol. The van der Waals surface area contributed by atoms with Crippen molar-refractivity contribution < 1.29 is 9.21 Å². The van der Waals surface area contributed by atoms with Crippen LogP contribution in [-0.2, 0) is 0 Å². The van der Waals surface area contributed by atoms with Gasteiger partial charge in [-0.05, 0) is 38.5 Å². The van der Waals surface area contributed by atoms with E-state index in [1.165, 1.54) is 0 Å². The number of benzene rings is 2. The number of ketones is 1. The van der Waals surface area contributed by atoms with Gasteiger partial charge >= 0.3 is 0 Å². The van der Waals surface area contributed by atoms with E-state index in [1.54, 1.807) is 0 Å². The minimum absolute atomic E-state index is 0.0468. The molecule has 20 heavy (non-hydrogen) atoms. The molecule has 0 saturated carbocycles. The van der Waals surface area contributed by atoms with Crippen LogP contribution in [0.15, 0.2) is 46.9 Å². The molecule has 0 saturated heterocycles. The molecule has 0 spiro atoms. The molecule has 1 heterocycles. The van der Waals surface area contributed by atoms with Crippen molar-refractivity contribution in [1.82, 2.24) is 0 Å². The van der Waals surface area contributed by atoms with Crippen molar-refractivity contribution in [2.24, 2.45) is 0 Å². The zero-order valence-electron chi connectivity index (χ0n) is 11.9. The van der Waals surface area contributed by atoms with Crippen LogP contribution in [0.3, 0.4) is 0 Å². The summed E-state index contributed by atoms with van der Waals surface area (Å²) in [6.45, 7) is 5.92. The third kappa shape index (κ3) is 1.94. The van der Waals surface area contributed by atoms with Gasteiger partial charge in [-0.2, -0.15) is 0 Å². The number of aryl methyl sites for hydroxylation is 3. The first kappa shape index (κ1) is 12.7. The van der Waals surface area contributed by atoms with Gasteiger partial charge in [0.15, 0.2) is 5.76 Å². The first-order valence-electron chi connectivity index (χ1n) is 6.68. The lowest BCUT2D eigenvalue weighted by Crippen LogP contribution is -2.03. The van der Waals surface area contributed by atoms with Gasteiger partial charge in [-0.15, -0.1) is 0 Å². The molecule has 0 atom stereocenters. The van der Waals surface area contributed by atoms with Crippen LogP contribution in [0, 0.1) is 20.8 Å². The van der Waals surface area contributed by atoms with Gasteiger partial charge in [0.2, 0.25) is 5.78 Å². The van der Waals surface area contributed by atoms with Crippen LogP contribution in [0.4, 0.5) is 0 Å². The summed E-state index contributed by atoms with van der Waals surface area (Å²) in [7, 11) is 0. The smallest absolute Gasteiger partial charge is 0.228 e. The van der Waals surface area contributed by atoms with E-state index in [-0.39, 0.29) is 5.78 Å². The second kappa shape index (κ2) is 4.64. The van der Waals surface area contributed by atoms with Crippen molar-refractivity contribution in [3.05, 3.63) is 70.5 Å². The number of carbonyl (C=O) groups excluding carboxylic acids is 1. The van der Waals surface area contributed by atoms with Gasteiger partial charge in [0.05, 0.1) is 0 Å². The summed E-state index contributed by atoms with van der Waals surface area (Å²) in [5.41, 5.74) is 4.51. The van der Waals surface area contributed by atoms with Crippen LogP contribution in [0.2, 0.25) is 0 Å². The molecule has 3 rings (SSSR count). The van der Waals surface area contributed by atoms with Gasteiger partial charge in [0.1, 0.15) is 5.58 Å². The Morgan fingerprint density at radius 1 is 1.00 bits per heavy atom. The molecule has 2 nitrogen and oxygen atoms in total.